The van der Waals surface area contributed by atoms with E-state index in [0.29, 0.717) is 25.1 Å². The number of hydrogen-bond acceptors (Lipinski definition) is 3. The predicted octanol–water partition coefficient (Wildman–Crippen LogP) is 2.24. The van der Waals surface area contributed by atoms with Crippen LogP contribution in [0.3, 0.4) is 0 Å². The Morgan fingerprint density at radius 1 is 1.24 bits per heavy atom. The quantitative estimate of drug-likeness (QED) is 0.887. The summed E-state index contributed by atoms with van der Waals surface area (Å²) in [5.41, 5.74) is 1.49. The van der Waals surface area contributed by atoms with Crippen molar-refractivity contribution in [2.24, 2.45) is 11.8 Å². The summed E-state index contributed by atoms with van der Waals surface area (Å²) < 4.78 is 0. The van der Waals surface area contributed by atoms with E-state index in [0.717, 1.165) is 5.56 Å². The van der Waals surface area contributed by atoms with Crippen molar-refractivity contribution in [3.8, 4) is 0 Å². The van der Waals surface area contributed by atoms with Crippen LogP contribution in [0.5, 0.6) is 0 Å². The molecule has 1 aliphatic heterocycles. The highest BCUT2D eigenvalue weighted by atomic mass is 16.4. The number of rotatable bonds is 5. The van der Waals surface area contributed by atoms with Gasteiger partial charge in [-0.25, -0.2) is 0 Å². The Kier molecular flexibility index (Phi) is 5.82. The molecule has 2 amide bonds. The number of carboxylic acids is 1. The highest BCUT2D eigenvalue weighted by Gasteiger charge is 2.38. The summed E-state index contributed by atoms with van der Waals surface area (Å²) in [6.45, 7) is 6.46. The minimum Gasteiger partial charge on any atom is -0.481 e. The lowest BCUT2D eigenvalue weighted by Gasteiger charge is -2.23. The summed E-state index contributed by atoms with van der Waals surface area (Å²) >= 11 is 0. The van der Waals surface area contributed by atoms with Crippen molar-refractivity contribution in [1.82, 2.24) is 9.80 Å². The van der Waals surface area contributed by atoms with E-state index in [1.807, 2.05) is 26.0 Å². The molecule has 1 aromatic carbocycles. The van der Waals surface area contributed by atoms with Crippen molar-refractivity contribution in [2.45, 2.75) is 39.8 Å². The van der Waals surface area contributed by atoms with Crippen LogP contribution in [0.25, 0.3) is 0 Å². The third kappa shape index (κ3) is 4.18. The molecular formula is C19H26N2O4. The van der Waals surface area contributed by atoms with Gasteiger partial charge in [-0.3, -0.25) is 14.4 Å². The molecule has 0 radical (unpaired) electrons. The zero-order valence-corrected chi connectivity index (χ0v) is 15.2. The van der Waals surface area contributed by atoms with Crippen molar-refractivity contribution in [1.29, 1.82) is 0 Å². The van der Waals surface area contributed by atoms with Gasteiger partial charge in [0.25, 0.3) is 5.91 Å². The predicted molar refractivity (Wildman–Crippen MR) is 94.0 cm³/mol. The van der Waals surface area contributed by atoms with Crippen LogP contribution in [0.15, 0.2) is 24.3 Å². The molecule has 1 saturated heterocycles. The SMILES string of the molecule is CC(C)C(=O)N(C)Cc1ccc(C(=O)N2CCC(C(=O)O)C2C)cc1. The van der Waals surface area contributed by atoms with E-state index >= 15 is 0 Å². The van der Waals surface area contributed by atoms with Crippen molar-refractivity contribution < 1.29 is 19.5 Å². The van der Waals surface area contributed by atoms with Crippen molar-refractivity contribution in [3.05, 3.63) is 35.4 Å². The Morgan fingerprint density at radius 2 is 1.84 bits per heavy atom. The molecule has 0 spiro atoms. The van der Waals surface area contributed by atoms with Crippen LogP contribution in [0.1, 0.15) is 43.1 Å². The molecule has 2 atom stereocenters. The fraction of sp³-hybridized carbons (Fsp3) is 0.526. The zero-order valence-electron chi connectivity index (χ0n) is 15.2. The van der Waals surface area contributed by atoms with Crippen LogP contribution in [0.2, 0.25) is 0 Å². The highest BCUT2D eigenvalue weighted by molar-refractivity contribution is 5.95. The van der Waals surface area contributed by atoms with Gasteiger partial charge >= 0.3 is 5.97 Å². The van der Waals surface area contributed by atoms with Gasteiger partial charge in [-0.05, 0) is 31.0 Å². The lowest BCUT2D eigenvalue weighted by atomic mass is 10.0. The Labute approximate surface area is 148 Å². The Bertz CT molecular complexity index is 654. The van der Waals surface area contributed by atoms with Crippen LogP contribution >= 0.6 is 0 Å². The van der Waals surface area contributed by atoms with Crippen LogP contribution in [-0.2, 0) is 16.1 Å². The first-order chi connectivity index (χ1) is 11.7. The Hall–Kier alpha value is -2.37. The van der Waals surface area contributed by atoms with E-state index in [-0.39, 0.29) is 23.8 Å². The molecule has 0 saturated carbocycles. The number of hydrogen-bond donors (Lipinski definition) is 1. The van der Waals surface area contributed by atoms with Gasteiger partial charge in [-0.2, -0.15) is 0 Å². The summed E-state index contributed by atoms with van der Waals surface area (Å²) in [7, 11) is 1.76. The molecule has 1 aliphatic rings. The normalized spacial score (nSPS) is 20.0. The van der Waals surface area contributed by atoms with Gasteiger partial charge in [0.05, 0.1) is 5.92 Å². The summed E-state index contributed by atoms with van der Waals surface area (Å²) in [6.07, 6.45) is 0.489. The van der Waals surface area contributed by atoms with Crippen LogP contribution in [-0.4, -0.2) is 52.3 Å². The van der Waals surface area contributed by atoms with Crippen molar-refractivity contribution in [3.63, 3.8) is 0 Å². The number of nitrogens with zero attached hydrogens (tertiary/aromatic N) is 2. The minimum absolute atomic E-state index is 0.0512. The molecule has 0 bridgehead atoms. The minimum atomic E-state index is -0.851. The maximum absolute atomic E-state index is 12.6. The Balaban J connectivity index is 2.04. The fourth-order valence-corrected chi connectivity index (χ4v) is 3.27. The molecule has 0 aliphatic carbocycles. The van der Waals surface area contributed by atoms with Crippen LogP contribution in [0.4, 0.5) is 0 Å². The summed E-state index contributed by atoms with van der Waals surface area (Å²) in [6, 6.07) is 6.86. The maximum Gasteiger partial charge on any atom is 0.308 e. The molecule has 136 valence electrons. The fourth-order valence-electron chi connectivity index (χ4n) is 3.27. The highest BCUT2D eigenvalue weighted by Crippen LogP contribution is 2.26. The summed E-state index contributed by atoms with van der Waals surface area (Å²) in [5.74, 6) is -1.47. The van der Waals surface area contributed by atoms with E-state index in [1.54, 1.807) is 35.9 Å². The number of likely N-dealkylation sites (tertiary alicyclic amines) is 1. The monoisotopic (exact) mass is 346 g/mol. The van der Waals surface area contributed by atoms with E-state index in [4.69, 9.17) is 0 Å². The number of benzene rings is 1. The standard InChI is InChI=1S/C19H26N2O4/c1-12(2)17(22)20(4)11-14-5-7-15(8-6-14)18(23)21-10-9-16(13(21)3)19(24)25/h5-8,12-13,16H,9-11H2,1-4H3,(H,24,25). The second-order valence-corrected chi connectivity index (χ2v) is 7.02. The van der Waals surface area contributed by atoms with E-state index < -0.39 is 11.9 Å². The lowest BCUT2D eigenvalue weighted by Crippen LogP contribution is -2.37. The number of carbonyl (C=O) groups is 3. The number of carbonyl (C=O) groups excluding carboxylic acids is 2. The first kappa shape index (κ1) is 19.0. The van der Waals surface area contributed by atoms with E-state index in [2.05, 4.69) is 0 Å². The third-order valence-electron chi connectivity index (χ3n) is 4.82. The molecule has 1 heterocycles. The largest absolute Gasteiger partial charge is 0.481 e. The maximum atomic E-state index is 12.6. The molecule has 2 rings (SSSR count). The van der Waals surface area contributed by atoms with E-state index in [9.17, 15) is 19.5 Å². The smallest absolute Gasteiger partial charge is 0.308 e. The first-order valence-corrected chi connectivity index (χ1v) is 8.60. The molecule has 1 N–H and O–H groups in total. The molecular weight excluding hydrogens is 320 g/mol. The molecule has 1 aromatic rings. The summed E-state index contributed by atoms with van der Waals surface area (Å²) in [5, 5.41) is 9.19. The molecule has 1 fully saturated rings. The average molecular weight is 346 g/mol. The number of aliphatic carboxylic acids is 1. The van der Waals surface area contributed by atoms with Gasteiger partial charge in [-0.1, -0.05) is 26.0 Å². The zero-order chi connectivity index (χ0) is 18.7. The molecule has 25 heavy (non-hydrogen) atoms. The third-order valence-corrected chi connectivity index (χ3v) is 4.82. The van der Waals surface area contributed by atoms with Crippen LogP contribution < -0.4 is 0 Å². The second-order valence-electron chi connectivity index (χ2n) is 7.02. The molecule has 6 nitrogen and oxygen atoms in total. The molecule has 6 heteroatoms. The first-order valence-electron chi connectivity index (χ1n) is 8.60. The van der Waals surface area contributed by atoms with Gasteiger partial charge < -0.3 is 14.9 Å². The number of amides is 2. The van der Waals surface area contributed by atoms with Gasteiger partial charge in [0.1, 0.15) is 0 Å². The van der Waals surface area contributed by atoms with Crippen molar-refractivity contribution >= 4 is 17.8 Å². The number of carboxylic acid groups (broad SMARTS) is 1. The average Bonchev–Trinajstić information content (AvgIpc) is 2.95. The summed E-state index contributed by atoms with van der Waals surface area (Å²) in [4.78, 5) is 39.1. The van der Waals surface area contributed by atoms with E-state index in [1.165, 1.54) is 0 Å². The van der Waals surface area contributed by atoms with Gasteiger partial charge in [0.2, 0.25) is 5.91 Å². The molecule has 2 unspecified atom stereocenters. The van der Waals surface area contributed by atoms with Gasteiger partial charge in [-0.15, -0.1) is 0 Å². The van der Waals surface area contributed by atoms with Gasteiger partial charge in [0.15, 0.2) is 0 Å². The van der Waals surface area contributed by atoms with Gasteiger partial charge in [0, 0.05) is 37.7 Å². The second kappa shape index (κ2) is 7.68. The Morgan fingerprint density at radius 3 is 2.32 bits per heavy atom. The van der Waals surface area contributed by atoms with Crippen molar-refractivity contribution in [2.75, 3.05) is 13.6 Å². The van der Waals surface area contributed by atoms with Crippen LogP contribution in [0, 0.1) is 11.8 Å². The topological polar surface area (TPSA) is 77.9 Å². The molecule has 0 aromatic heterocycles. The lowest BCUT2D eigenvalue weighted by molar-refractivity contribution is -0.142.